The topological polar surface area (TPSA) is 130 Å². The van der Waals surface area contributed by atoms with Gasteiger partial charge in [0.15, 0.2) is 11.4 Å². The minimum Gasteiger partial charge on any atom is -0.503 e. The van der Waals surface area contributed by atoms with Crippen LogP contribution in [-0.2, 0) is 20.5 Å². The van der Waals surface area contributed by atoms with Crippen LogP contribution in [0.2, 0.25) is 0 Å². The summed E-state index contributed by atoms with van der Waals surface area (Å²) >= 11 is 0. The van der Waals surface area contributed by atoms with Crippen LogP contribution in [0.5, 0.6) is 5.75 Å². The number of carbonyl (C=O) groups is 1. The number of rotatable bonds is 7. The molecule has 2 N–H and O–H groups in total. The molecule has 208 valence electrons. The lowest BCUT2D eigenvalue weighted by atomic mass is 9.82. The second-order valence-electron chi connectivity index (χ2n) is 9.07. The molecule has 0 radical (unpaired) electrons. The molecule has 3 unspecified atom stereocenters. The highest BCUT2D eigenvalue weighted by Gasteiger charge is 2.44. The lowest BCUT2D eigenvalue weighted by molar-refractivity contribution is -0.137. The number of alkyl halides is 3. The average Bonchev–Trinajstić information content (AvgIpc) is 3.35. The number of likely N-dealkylation sites (tertiary alicyclic amines) is 1. The highest BCUT2D eigenvalue weighted by Crippen LogP contribution is 2.39. The van der Waals surface area contributed by atoms with Gasteiger partial charge in [0.05, 0.1) is 24.1 Å². The molecule has 9 nitrogen and oxygen atoms in total. The van der Waals surface area contributed by atoms with E-state index < -0.39 is 68.5 Å². The van der Waals surface area contributed by atoms with Crippen LogP contribution in [0.1, 0.15) is 45.9 Å². The molecule has 2 heterocycles. The Morgan fingerprint density at radius 3 is 2.51 bits per heavy atom. The number of halogens is 4. The molecule has 1 aliphatic heterocycles. The smallest absolute Gasteiger partial charge is 0.416 e. The predicted molar refractivity (Wildman–Crippen MR) is 130 cm³/mol. The molecule has 39 heavy (non-hydrogen) atoms. The van der Waals surface area contributed by atoms with Crippen molar-refractivity contribution < 1.29 is 40.1 Å². The molecular formula is C25H23F4N3O6S. The first kappa shape index (κ1) is 28.2. The number of hydrogen-bond donors (Lipinski definition) is 2. The minimum absolute atomic E-state index is 0.0118. The van der Waals surface area contributed by atoms with E-state index in [0.717, 1.165) is 47.7 Å². The Morgan fingerprint density at radius 1 is 1.18 bits per heavy atom. The number of nitrogens with one attached hydrogen (secondary N) is 1. The van der Waals surface area contributed by atoms with Crippen molar-refractivity contribution in [2.75, 3.05) is 12.8 Å². The van der Waals surface area contributed by atoms with E-state index in [2.05, 4.69) is 10.2 Å². The van der Waals surface area contributed by atoms with Gasteiger partial charge in [0, 0.05) is 12.5 Å². The number of nitrogens with zero attached hydrogens (tertiary/aromatic N) is 2. The fraction of sp³-hybridized carbons (Fsp3) is 0.320. The average molecular weight is 570 g/mol. The Bertz CT molecular complexity index is 1530. The maximum atomic E-state index is 13.8. The quantitative estimate of drug-likeness (QED) is 0.330. The SMILES string of the molecule is CS(=O)(=O)OC(C(c1ccc(F)cc1)c1cccc(C(F)(F)F)c1)C1CCCN1C(=O)c1n[nH]cc(O)c1=O. The van der Waals surface area contributed by atoms with Crippen molar-refractivity contribution >= 4 is 16.0 Å². The summed E-state index contributed by atoms with van der Waals surface area (Å²) in [5.74, 6) is -3.54. The number of H-pyrrole nitrogens is 1. The van der Waals surface area contributed by atoms with Gasteiger partial charge in [-0.15, -0.1) is 0 Å². The molecule has 1 aromatic heterocycles. The first-order chi connectivity index (χ1) is 18.3. The standard InChI is InChI=1S/C25H23F4N3O6S/c1-39(36,37)38-23(18-6-3-11-32(18)24(35)21-22(34)19(33)13-30-31-21)20(14-7-9-17(26)10-8-14)15-4-2-5-16(12-15)25(27,28)29/h2,4-5,7-10,12-13,18,20,23H,3,6,11H2,1H3,(H,30,34)(H,31,33). The van der Waals surface area contributed by atoms with Crippen LogP contribution >= 0.6 is 0 Å². The summed E-state index contributed by atoms with van der Waals surface area (Å²) in [5, 5.41) is 15.6. The maximum Gasteiger partial charge on any atom is 0.416 e. The molecule has 0 bridgehead atoms. The second-order valence-corrected chi connectivity index (χ2v) is 10.7. The van der Waals surface area contributed by atoms with Crippen molar-refractivity contribution in [1.29, 1.82) is 0 Å². The molecule has 0 spiro atoms. The first-order valence-corrected chi connectivity index (χ1v) is 13.5. The van der Waals surface area contributed by atoms with Gasteiger partial charge in [0.25, 0.3) is 21.5 Å². The Balaban J connectivity index is 1.88. The minimum atomic E-state index is -4.71. The summed E-state index contributed by atoms with van der Waals surface area (Å²) in [5.41, 5.74) is -2.47. The van der Waals surface area contributed by atoms with Gasteiger partial charge < -0.3 is 10.0 Å². The monoisotopic (exact) mass is 569 g/mol. The molecule has 2 aromatic carbocycles. The van der Waals surface area contributed by atoms with Gasteiger partial charge in [-0.05, 0) is 42.2 Å². The molecule has 4 rings (SSSR count). The molecule has 1 amide bonds. The lowest BCUT2D eigenvalue weighted by Gasteiger charge is -2.36. The number of hydrogen-bond acceptors (Lipinski definition) is 7. The van der Waals surface area contributed by atoms with Crippen LogP contribution < -0.4 is 5.43 Å². The molecule has 3 aromatic rings. The van der Waals surface area contributed by atoms with Gasteiger partial charge in [-0.1, -0.05) is 30.3 Å². The summed E-state index contributed by atoms with van der Waals surface area (Å²) in [6, 6.07) is 7.87. The van der Waals surface area contributed by atoms with Crippen molar-refractivity contribution in [3.63, 3.8) is 0 Å². The van der Waals surface area contributed by atoms with E-state index in [1.165, 1.54) is 18.2 Å². The van der Waals surface area contributed by atoms with E-state index in [1.807, 2.05) is 0 Å². The lowest BCUT2D eigenvalue weighted by Crippen LogP contribution is -2.48. The van der Waals surface area contributed by atoms with Crippen LogP contribution in [0.3, 0.4) is 0 Å². The zero-order valence-electron chi connectivity index (χ0n) is 20.4. The summed E-state index contributed by atoms with van der Waals surface area (Å²) in [7, 11) is -4.25. The number of aromatic amines is 1. The Hall–Kier alpha value is -3.78. The largest absolute Gasteiger partial charge is 0.503 e. The summed E-state index contributed by atoms with van der Waals surface area (Å²) in [6.07, 6.45) is -4.04. The van der Waals surface area contributed by atoms with Crippen LogP contribution in [0.15, 0.2) is 59.5 Å². The zero-order valence-corrected chi connectivity index (χ0v) is 21.2. The van der Waals surface area contributed by atoms with Gasteiger partial charge >= 0.3 is 6.18 Å². The predicted octanol–water partition coefficient (Wildman–Crippen LogP) is 3.41. The van der Waals surface area contributed by atoms with Crippen LogP contribution in [0.4, 0.5) is 17.6 Å². The van der Waals surface area contributed by atoms with Gasteiger partial charge in [0.2, 0.25) is 0 Å². The Morgan fingerprint density at radius 2 is 1.87 bits per heavy atom. The number of aromatic nitrogens is 2. The number of carbonyl (C=O) groups excluding carboxylic acids is 1. The Labute approximate surface area is 220 Å². The van der Waals surface area contributed by atoms with Crippen molar-refractivity contribution in [2.45, 2.75) is 37.1 Å². The molecular weight excluding hydrogens is 546 g/mol. The molecule has 0 aliphatic carbocycles. The molecule has 1 saturated heterocycles. The third-order valence-corrected chi connectivity index (χ3v) is 6.96. The third-order valence-electron chi connectivity index (χ3n) is 6.38. The van der Waals surface area contributed by atoms with Gasteiger partial charge in [-0.3, -0.25) is 18.9 Å². The maximum absolute atomic E-state index is 13.8. The highest BCUT2D eigenvalue weighted by molar-refractivity contribution is 7.86. The van der Waals surface area contributed by atoms with Crippen molar-refractivity contribution in [3.8, 4) is 5.75 Å². The van der Waals surface area contributed by atoms with Crippen molar-refractivity contribution in [2.24, 2.45) is 0 Å². The summed E-state index contributed by atoms with van der Waals surface area (Å²) in [4.78, 5) is 26.9. The summed E-state index contributed by atoms with van der Waals surface area (Å²) in [6.45, 7) is 0.0443. The van der Waals surface area contributed by atoms with E-state index >= 15 is 0 Å². The second kappa shape index (κ2) is 10.8. The summed E-state index contributed by atoms with van der Waals surface area (Å²) < 4.78 is 84.9. The molecule has 3 atom stereocenters. The first-order valence-electron chi connectivity index (χ1n) is 11.6. The number of amides is 1. The van der Waals surface area contributed by atoms with Crippen LogP contribution in [-0.4, -0.2) is 59.5 Å². The Kier molecular flexibility index (Phi) is 7.80. The normalized spacial score (nSPS) is 17.7. The molecule has 0 saturated carbocycles. The molecule has 1 aliphatic rings. The number of aromatic hydroxyl groups is 1. The van der Waals surface area contributed by atoms with E-state index in [1.54, 1.807) is 0 Å². The fourth-order valence-corrected chi connectivity index (χ4v) is 5.40. The van der Waals surface area contributed by atoms with Crippen molar-refractivity contribution in [1.82, 2.24) is 15.1 Å². The van der Waals surface area contributed by atoms with E-state index in [0.29, 0.717) is 6.42 Å². The van der Waals surface area contributed by atoms with E-state index in [9.17, 15) is 40.7 Å². The molecule has 1 fully saturated rings. The van der Waals surface area contributed by atoms with Crippen LogP contribution in [0.25, 0.3) is 0 Å². The third kappa shape index (κ3) is 6.28. The van der Waals surface area contributed by atoms with Gasteiger partial charge in [-0.25, -0.2) is 4.39 Å². The van der Waals surface area contributed by atoms with Gasteiger partial charge in [-0.2, -0.15) is 26.7 Å². The molecule has 14 heteroatoms. The van der Waals surface area contributed by atoms with E-state index in [4.69, 9.17) is 4.18 Å². The zero-order chi connectivity index (χ0) is 28.5. The fourth-order valence-electron chi connectivity index (χ4n) is 4.76. The van der Waals surface area contributed by atoms with E-state index in [-0.39, 0.29) is 24.1 Å². The van der Waals surface area contributed by atoms with Crippen molar-refractivity contribution in [3.05, 3.63) is 93.2 Å². The number of benzene rings is 2. The van der Waals surface area contributed by atoms with Gasteiger partial charge in [0.1, 0.15) is 11.9 Å². The highest BCUT2D eigenvalue weighted by atomic mass is 32.2. The van der Waals surface area contributed by atoms with Crippen LogP contribution in [0, 0.1) is 5.82 Å².